The van der Waals surface area contributed by atoms with Crippen molar-refractivity contribution in [3.05, 3.63) is 81.8 Å². The van der Waals surface area contributed by atoms with Crippen LogP contribution >= 0.6 is 0 Å². The predicted octanol–water partition coefficient (Wildman–Crippen LogP) is 4.34. The first-order valence-electron chi connectivity index (χ1n) is 8.38. The average Bonchev–Trinajstić information content (AvgIpc) is 3.16. The number of anilines is 1. The van der Waals surface area contributed by atoms with Gasteiger partial charge in [0.05, 0.1) is 12.0 Å². The molecule has 0 saturated heterocycles. The maximum absolute atomic E-state index is 12.3. The van der Waals surface area contributed by atoms with Gasteiger partial charge in [-0.3, -0.25) is 14.9 Å². The molecule has 0 aliphatic heterocycles. The van der Waals surface area contributed by atoms with E-state index in [-0.39, 0.29) is 23.8 Å². The number of nitro benzene ring substituents is 1. The number of ether oxygens (including phenoxy) is 2. The maximum Gasteiger partial charge on any atom is 0.311 e. The summed E-state index contributed by atoms with van der Waals surface area (Å²) in [7, 11) is 1.54. The molecule has 0 aliphatic carbocycles. The maximum atomic E-state index is 12.3. The number of amides is 1. The molecule has 3 rings (SSSR count). The second-order valence-electron chi connectivity index (χ2n) is 5.97. The van der Waals surface area contributed by atoms with E-state index >= 15 is 0 Å². The number of furan rings is 1. The van der Waals surface area contributed by atoms with Crippen LogP contribution in [0.1, 0.15) is 21.9 Å². The number of hydrogen-bond acceptors (Lipinski definition) is 6. The van der Waals surface area contributed by atoms with E-state index in [4.69, 9.17) is 13.9 Å². The molecular formula is C20H18N2O6. The second kappa shape index (κ2) is 8.26. The fourth-order valence-electron chi connectivity index (χ4n) is 2.51. The molecular weight excluding hydrogens is 364 g/mol. The smallest absolute Gasteiger partial charge is 0.311 e. The molecule has 144 valence electrons. The number of aryl methyl sites for hydroxylation is 1. The lowest BCUT2D eigenvalue weighted by Gasteiger charge is -2.06. The zero-order valence-electron chi connectivity index (χ0n) is 15.3. The van der Waals surface area contributed by atoms with Gasteiger partial charge in [-0.15, -0.1) is 0 Å². The molecule has 0 spiro atoms. The van der Waals surface area contributed by atoms with Crippen LogP contribution in [0.15, 0.2) is 59.0 Å². The predicted molar refractivity (Wildman–Crippen MR) is 102 cm³/mol. The number of nitrogens with one attached hydrogen (secondary N) is 1. The summed E-state index contributed by atoms with van der Waals surface area (Å²) in [6.45, 7) is 1.72. The van der Waals surface area contributed by atoms with E-state index in [1.165, 1.54) is 25.3 Å². The normalized spacial score (nSPS) is 10.4. The van der Waals surface area contributed by atoms with Gasteiger partial charge in [0.2, 0.25) is 0 Å². The molecule has 1 aromatic heterocycles. The summed E-state index contributed by atoms with van der Waals surface area (Å²) in [5.41, 5.74) is 1.20. The number of hydrogen-bond donors (Lipinski definition) is 1. The largest absolute Gasteiger partial charge is 0.497 e. The molecule has 0 unspecified atom stereocenters. The molecule has 1 amide bonds. The van der Waals surface area contributed by atoms with Crippen molar-refractivity contribution in [1.82, 2.24) is 0 Å². The Morgan fingerprint density at radius 1 is 1.18 bits per heavy atom. The van der Waals surface area contributed by atoms with Crippen LogP contribution in [0.5, 0.6) is 11.5 Å². The number of benzene rings is 2. The zero-order chi connectivity index (χ0) is 20.1. The van der Waals surface area contributed by atoms with Crippen LogP contribution in [0.3, 0.4) is 0 Å². The van der Waals surface area contributed by atoms with Crippen molar-refractivity contribution >= 4 is 17.3 Å². The number of nitrogens with zero attached hydrogens (tertiary/aromatic N) is 1. The van der Waals surface area contributed by atoms with Gasteiger partial charge < -0.3 is 19.2 Å². The standard InChI is InChI=1S/C20H18N2O6/c1-13-6-8-18(17(10-13)22(24)25)27-12-16-7-9-19(28-16)20(23)21-14-4-3-5-15(11-14)26-2/h3-11H,12H2,1-2H3,(H,21,23). The van der Waals surface area contributed by atoms with E-state index in [0.717, 1.165) is 5.56 Å². The van der Waals surface area contributed by atoms with Crippen molar-refractivity contribution < 1.29 is 23.6 Å². The van der Waals surface area contributed by atoms with Gasteiger partial charge in [-0.25, -0.2) is 0 Å². The van der Waals surface area contributed by atoms with Crippen molar-refractivity contribution in [2.45, 2.75) is 13.5 Å². The number of carbonyl (C=O) groups excluding carboxylic acids is 1. The Morgan fingerprint density at radius 3 is 2.75 bits per heavy atom. The molecule has 0 radical (unpaired) electrons. The highest BCUT2D eigenvalue weighted by Crippen LogP contribution is 2.28. The molecule has 3 aromatic rings. The number of methoxy groups -OCH3 is 1. The quantitative estimate of drug-likeness (QED) is 0.482. The van der Waals surface area contributed by atoms with Gasteiger partial charge >= 0.3 is 5.69 Å². The minimum absolute atomic E-state index is 0.0453. The topological polar surface area (TPSA) is 104 Å². The van der Waals surface area contributed by atoms with E-state index in [0.29, 0.717) is 17.2 Å². The molecule has 8 heteroatoms. The van der Waals surface area contributed by atoms with Crippen molar-refractivity contribution in [2.75, 3.05) is 12.4 Å². The van der Waals surface area contributed by atoms with E-state index in [1.54, 1.807) is 43.3 Å². The van der Waals surface area contributed by atoms with Crippen LogP contribution in [0.25, 0.3) is 0 Å². The molecule has 8 nitrogen and oxygen atoms in total. The molecule has 0 fully saturated rings. The second-order valence-corrected chi connectivity index (χ2v) is 5.97. The Kier molecular flexibility index (Phi) is 5.59. The van der Waals surface area contributed by atoms with Gasteiger partial charge in [0, 0.05) is 17.8 Å². The zero-order valence-corrected chi connectivity index (χ0v) is 15.3. The lowest BCUT2D eigenvalue weighted by Crippen LogP contribution is -2.10. The lowest BCUT2D eigenvalue weighted by molar-refractivity contribution is -0.386. The van der Waals surface area contributed by atoms with Gasteiger partial charge in [0.1, 0.15) is 18.1 Å². The molecule has 1 N–H and O–H groups in total. The van der Waals surface area contributed by atoms with Crippen molar-refractivity contribution in [2.24, 2.45) is 0 Å². The monoisotopic (exact) mass is 382 g/mol. The Hall–Kier alpha value is -3.81. The summed E-state index contributed by atoms with van der Waals surface area (Å²) < 4.78 is 16.1. The molecule has 1 heterocycles. The summed E-state index contributed by atoms with van der Waals surface area (Å²) in [5, 5.41) is 13.8. The SMILES string of the molecule is COc1cccc(NC(=O)c2ccc(COc3ccc(C)cc3[N+](=O)[O-])o2)c1. The summed E-state index contributed by atoms with van der Waals surface area (Å²) in [6.07, 6.45) is 0. The summed E-state index contributed by atoms with van der Waals surface area (Å²) in [6, 6.07) is 14.7. The lowest BCUT2D eigenvalue weighted by atomic mass is 10.2. The molecule has 0 bridgehead atoms. The highest BCUT2D eigenvalue weighted by Gasteiger charge is 2.17. The van der Waals surface area contributed by atoms with Gasteiger partial charge in [-0.2, -0.15) is 0 Å². The number of carbonyl (C=O) groups is 1. The third kappa shape index (κ3) is 4.47. The van der Waals surface area contributed by atoms with Crippen LogP contribution in [-0.2, 0) is 6.61 Å². The fourth-order valence-corrected chi connectivity index (χ4v) is 2.51. The first-order chi connectivity index (χ1) is 13.5. The number of rotatable bonds is 7. The Balaban J connectivity index is 1.66. The molecule has 28 heavy (non-hydrogen) atoms. The van der Waals surface area contributed by atoms with Crippen molar-refractivity contribution in [3.8, 4) is 11.5 Å². The van der Waals surface area contributed by atoms with E-state index < -0.39 is 10.8 Å². The average molecular weight is 382 g/mol. The van der Waals surface area contributed by atoms with E-state index in [9.17, 15) is 14.9 Å². The van der Waals surface area contributed by atoms with Gasteiger partial charge in [0.25, 0.3) is 5.91 Å². The van der Waals surface area contributed by atoms with Crippen LogP contribution in [0.4, 0.5) is 11.4 Å². The van der Waals surface area contributed by atoms with Crippen LogP contribution < -0.4 is 14.8 Å². The summed E-state index contributed by atoms with van der Waals surface area (Å²) in [5.74, 6) is 0.784. The van der Waals surface area contributed by atoms with Crippen molar-refractivity contribution in [1.29, 1.82) is 0 Å². The van der Waals surface area contributed by atoms with Gasteiger partial charge in [0.15, 0.2) is 11.5 Å². The van der Waals surface area contributed by atoms with Crippen LogP contribution in [-0.4, -0.2) is 17.9 Å². The molecule has 0 saturated carbocycles. The molecule has 2 aromatic carbocycles. The Bertz CT molecular complexity index is 1010. The van der Waals surface area contributed by atoms with Gasteiger partial charge in [-0.1, -0.05) is 12.1 Å². The van der Waals surface area contributed by atoms with Crippen LogP contribution in [0, 0.1) is 17.0 Å². The molecule has 0 atom stereocenters. The fraction of sp³-hybridized carbons (Fsp3) is 0.150. The van der Waals surface area contributed by atoms with E-state index in [1.807, 2.05) is 0 Å². The summed E-state index contributed by atoms with van der Waals surface area (Å²) in [4.78, 5) is 22.9. The third-order valence-electron chi connectivity index (χ3n) is 3.89. The first-order valence-corrected chi connectivity index (χ1v) is 8.38. The highest BCUT2D eigenvalue weighted by molar-refractivity contribution is 6.02. The Morgan fingerprint density at radius 2 is 2.00 bits per heavy atom. The number of nitro groups is 1. The molecule has 0 aliphatic rings. The van der Waals surface area contributed by atoms with Gasteiger partial charge in [-0.05, 0) is 42.8 Å². The summed E-state index contributed by atoms with van der Waals surface area (Å²) >= 11 is 0. The third-order valence-corrected chi connectivity index (χ3v) is 3.89. The Labute approximate surface area is 160 Å². The minimum atomic E-state index is -0.503. The van der Waals surface area contributed by atoms with E-state index in [2.05, 4.69) is 5.32 Å². The first kappa shape index (κ1) is 19.0. The van der Waals surface area contributed by atoms with Crippen LogP contribution in [0.2, 0.25) is 0 Å². The van der Waals surface area contributed by atoms with Crippen molar-refractivity contribution in [3.63, 3.8) is 0 Å². The highest BCUT2D eigenvalue weighted by atomic mass is 16.6. The minimum Gasteiger partial charge on any atom is -0.497 e.